The van der Waals surface area contributed by atoms with E-state index in [9.17, 15) is 19.2 Å². The lowest BCUT2D eigenvalue weighted by atomic mass is 9.73. The quantitative estimate of drug-likeness (QED) is 0.313. The molecule has 0 bridgehead atoms. The summed E-state index contributed by atoms with van der Waals surface area (Å²) in [5.41, 5.74) is 0. The van der Waals surface area contributed by atoms with Crippen LogP contribution in [0.3, 0.4) is 0 Å². The Bertz CT molecular complexity index is 514. The molecule has 3 rings (SSSR count). The summed E-state index contributed by atoms with van der Waals surface area (Å²) in [4.78, 5) is 48.5. The Morgan fingerprint density at radius 2 is 1.12 bits per heavy atom. The van der Waals surface area contributed by atoms with Crippen molar-refractivity contribution in [1.82, 2.24) is 0 Å². The molecule has 0 spiro atoms. The van der Waals surface area contributed by atoms with Crippen molar-refractivity contribution >= 4 is 23.5 Å². The highest BCUT2D eigenvalue weighted by Gasteiger charge is 2.37. The molecule has 26 heavy (non-hydrogen) atoms. The van der Waals surface area contributed by atoms with Crippen molar-refractivity contribution in [1.29, 1.82) is 0 Å². The fourth-order valence-corrected chi connectivity index (χ4v) is 3.25. The summed E-state index contributed by atoms with van der Waals surface area (Å²) in [7, 11) is 0. The molecule has 1 saturated carbocycles. The third-order valence-corrected chi connectivity index (χ3v) is 4.90. The number of epoxide rings is 2. The molecule has 4 atom stereocenters. The largest absolute Gasteiger partial charge is 0.462 e. The van der Waals surface area contributed by atoms with Crippen molar-refractivity contribution in [3.05, 3.63) is 0 Å². The lowest BCUT2D eigenvalue weighted by Gasteiger charge is -2.29. The van der Waals surface area contributed by atoms with E-state index in [0.29, 0.717) is 26.1 Å². The first-order valence-corrected chi connectivity index (χ1v) is 9.13. The molecule has 0 amide bonds. The van der Waals surface area contributed by atoms with Crippen molar-refractivity contribution in [3.63, 3.8) is 0 Å². The van der Waals surface area contributed by atoms with E-state index in [4.69, 9.17) is 18.9 Å². The third kappa shape index (κ3) is 5.88. The summed E-state index contributed by atoms with van der Waals surface area (Å²) in [6.07, 6.45) is 1.98. The normalized spacial score (nSPS) is 29.5. The molecule has 0 aromatic rings. The van der Waals surface area contributed by atoms with Gasteiger partial charge in [0.05, 0.1) is 13.2 Å². The zero-order chi connectivity index (χ0) is 18.5. The van der Waals surface area contributed by atoms with Gasteiger partial charge in [-0.1, -0.05) is 12.8 Å². The fourth-order valence-electron chi connectivity index (χ4n) is 3.25. The van der Waals surface area contributed by atoms with Crippen LogP contribution in [-0.2, 0) is 38.1 Å². The molecule has 0 N–H and O–H groups in total. The van der Waals surface area contributed by atoms with Gasteiger partial charge in [0.25, 0.3) is 0 Å². The predicted octanol–water partition coefficient (Wildman–Crippen LogP) is 0.595. The number of esters is 2. The van der Waals surface area contributed by atoms with Gasteiger partial charge in [0.1, 0.15) is 49.8 Å². The first-order chi connectivity index (χ1) is 12.5. The van der Waals surface area contributed by atoms with Gasteiger partial charge in [0.15, 0.2) is 0 Å². The Morgan fingerprint density at radius 3 is 1.46 bits per heavy atom. The number of hydrogen-bond donors (Lipinski definition) is 0. The summed E-state index contributed by atoms with van der Waals surface area (Å²) in [5.74, 6) is -2.81. The molecule has 4 unspecified atom stereocenters. The second-order valence-electron chi connectivity index (χ2n) is 7.06. The van der Waals surface area contributed by atoms with Crippen LogP contribution in [0.1, 0.15) is 38.5 Å². The van der Waals surface area contributed by atoms with Crippen molar-refractivity contribution in [2.75, 3.05) is 26.4 Å². The maximum absolute atomic E-state index is 12.5. The van der Waals surface area contributed by atoms with E-state index in [1.54, 1.807) is 0 Å². The average Bonchev–Trinajstić information content (AvgIpc) is 3.53. The molecule has 1 aliphatic carbocycles. The maximum Gasteiger partial charge on any atom is 0.313 e. The summed E-state index contributed by atoms with van der Waals surface area (Å²) >= 11 is 0. The van der Waals surface area contributed by atoms with Crippen molar-refractivity contribution < 1.29 is 38.1 Å². The molecule has 8 nitrogen and oxygen atoms in total. The third-order valence-electron chi connectivity index (χ3n) is 4.90. The number of hydrogen-bond acceptors (Lipinski definition) is 8. The SMILES string of the molecule is O=C(CC(=O)C1CCCCC1C(=O)CC(=O)OCC1CO1)OCC1CO1. The molecular weight excluding hydrogens is 344 g/mol. The number of carbonyl (C=O) groups excluding carboxylic acids is 4. The lowest BCUT2D eigenvalue weighted by Crippen LogP contribution is -2.35. The van der Waals surface area contributed by atoms with Crippen LogP contribution in [0.5, 0.6) is 0 Å². The first kappa shape index (κ1) is 19.0. The first-order valence-electron chi connectivity index (χ1n) is 9.13. The van der Waals surface area contributed by atoms with Crippen LogP contribution in [0.25, 0.3) is 0 Å². The number of ether oxygens (including phenoxy) is 4. The van der Waals surface area contributed by atoms with Gasteiger partial charge >= 0.3 is 11.9 Å². The van der Waals surface area contributed by atoms with Gasteiger partial charge in [-0.05, 0) is 12.8 Å². The average molecular weight is 368 g/mol. The molecule has 2 saturated heterocycles. The number of Topliss-reactive ketones (excluding diaryl/α,β-unsaturated/α-hetero) is 2. The van der Waals surface area contributed by atoms with Gasteiger partial charge in [-0.3, -0.25) is 19.2 Å². The summed E-state index contributed by atoms with van der Waals surface area (Å²) in [6.45, 7) is 1.47. The molecule has 2 aliphatic heterocycles. The summed E-state index contributed by atoms with van der Waals surface area (Å²) in [6, 6.07) is 0. The lowest BCUT2D eigenvalue weighted by molar-refractivity contribution is -0.151. The molecule has 2 heterocycles. The van der Waals surface area contributed by atoms with E-state index in [2.05, 4.69) is 0 Å². The van der Waals surface area contributed by atoms with E-state index in [-0.39, 0.29) is 49.8 Å². The summed E-state index contributed by atoms with van der Waals surface area (Å²) in [5, 5.41) is 0. The second-order valence-corrected chi connectivity index (χ2v) is 7.06. The molecular formula is C18H24O8. The standard InChI is InChI=1S/C18H24O8/c19-15(5-17(21)25-9-11-7-23-11)13-3-1-2-4-14(13)16(20)6-18(22)26-10-12-8-24-12/h11-14H,1-10H2. The Hall–Kier alpha value is -1.80. The van der Waals surface area contributed by atoms with Gasteiger partial charge in [-0.15, -0.1) is 0 Å². The second kappa shape index (κ2) is 8.73. The highest BCUT2D eigenvalue weighted by Crippen LogP contribution is 2.33. The number of carbonyl (C=O) groups is 4. The Kier molecular flexibility index (Phi) is 6.37. The molecule has 3 aliphatic rings. The zero-order valence-electron chi connectivity index (χ0n) is 14.6. The van der Waals surface area contributed by atoms with Crippen LogP contribution in [0.4, 0.5) is 0 Å². The molecule has 144 valence electrons. The van der Waals surface area contributed by atoms with Gasteiger partial charge in [0, 0.05) is 11.8 Å². The van der Waals surface area contributed by atoms with E-state index in [1.165, 1.54) is 0 Å². The highest BCUT2D eigenvalue weighted by atomic mass is 16.6. The zero-order valence-corrected chi connectivity index (χ0v) is 14.6. The van der Waals surface area contributed by atoms with Crippen molar-refractivity contribution in [2.45, 2.75) is 50.7 Å². The van der Waals surface area contributed by atoms with Crippen LogP contribution in [0.15, 0.2) is 0 Å². The van der Waals surface area contributed by atoms with Crippen molar-refractivity contribution in [2.24, 2.45) is 11.8 Å². The number of rotatable bonds is 10. The topological polar surface area (TPSA) is 112 Å². The van der Waals surface area contributed by atoms with Crippen LogP contribution in [0, 0.1) is 11.8 Å². The van der Waals surface area contributed by atoms with E-state index in [0.717, 1.165) is 12.8 Å². The maximum atomic E-state index is 12.5. The van der Waals surface area contributed by atoms with Crippen LogP contribution in [-0.4, -0.2) is 62.1 Å². The van der Waals surface area contributed by atoms with Crippen LogP contribution < -0.4 is 0 Å². The molecule has 8 heteroatoms. The van der Waals surface area contributed by atoms with Gasteiger partial charge < -0.3 is 18.9 Å². The Morgan fingerprint density at radius 1 is 0.731 bits per heavy atom. The molecule has 3 fully saturated rings. The van der Waals surface area contributed by atoms with Gasteiger partial charge in [-0.25, -0.2) is 0 Å². The van der Waals surface area contributed by atoms with Crippen LogP contribution in [0.2, 0.25) is 0 Å². The van der Waals surface area contributed by atoms with Crippen LogP contribution >= 0.6 is 0 Å². The van der Waals surface area contributed by atoms with E-state index >= 15 is 0 Å². The monoisotopic (exact) mass is 368 g/mol. The minimum atomic E-state index is -0.592. The summed E-state index contributed by atoms with van der Waals surface area (Å²) < 4.78 is 19.9. The number of ketones is 2. The van der Waals surface area contributed by atoms with E-state index in [1.807, 2.05) is 0 Å². The molecule has 0 radical (unpaired) electrons. The minimum Gasteiger partial charge on any atom is -0.462 e. The minimum absolute atomic E-state index is 0.0508. The molecule has 0 aromatic heterocycles. The Labute approximate surface area is 151 Å². The van der Waals surface area contributed by atoms with E-state index < -0.39 is 23.8 Å². The van der Waals surface area contributed by atoms with Crippen molar-refractivity contribution in [3.8, 4) is 0 Å². The van der Waals surface area contributed by atoms with Gasteiger partial charge in [0.2, 0.25) is 0 Å². The highest BCUT2D eigenvalue weighted by molar-refractivity contribution is 6.02. The smallest absolute Gasteiger partial charge is 0.313 e. The molecule has 0 aromatic carbocycles. The van der Waals surface area contributed by atoms with Gasteiger partial charge in [-0.2, -0.15) is 0 Å². The Balaban J connectivity index is 1.46. The fraction of sp³-hybridized carbons (Fsp3) is 0.778. The predicted molar refractivity (Wildman–Crippen MR) is 86.1 cm³/mol.